The minimum atomic E-state index is -4.06. The summed E-state index contributed by atoms with van der Waals surface area (Å²) in [6.45, 7) is 1.69. The number of aromatic nitrogens is 2. The maximum absolute atomic E-state index is 13.8. The van der Waals surface area contributed by atoms with E-state index >= 15 is 0 Å². The number of nitrogens with zero attached hydrogens (tertiary/aromatic N) is 2. The molecule has 3 rings (SSSR count). The number of benzene rings is 2. The van der Waals surface area contributed by atoms with Crippen LogP contribution in [0.4, 0.5) is 10.1 Å². The quantitative estimate of drug-likeness (QED) is 0.765. The van der Waals surface area contributed by atoms with Gasteiger partial charge in [-0.3, -0.25) is 4.72 Å². The number of aryl methyl sites for hydroxylation is 1. The van der Waals surface area contributed by atoms with Crippen molar-refractivity contribution in [1.82, 2.24) is 9.78 Å². The first-order valence-corrected chi connectivity index (χ1v) is 8.81. The molecule has 1 heterocycles. The first kappa shape index (κ1) is 16.5. The molecule has 0 radical (unpaired) electrons. The second-order valence-corrected chi connectivity index (χ2v) is 7.22. The largest absolute Gasteiger partial charge is 0.276 e. The van der Waals surface area contributed by atoms with Gasteiger partial charge >= 0.3 is 0 Å². The third kappa shape index (κ3) is 3.27. The number of hydrogen-bond acceptors (Lipinski definition) is 3. The molecule has 0 aliphatic heterocycles. The van der Waals surface area contributed by atoms with E-state index in [4.69, 9.17) is 11.6 Å². The van der Waals surface area contributed by atoms with Gasteiger partial charge in [-0.1, -0.05) is 29.8 Å². The van der Waals surface area contributed by atoms with Crippen molar-refractivity contribution < 1.29 is 12.8 Å². The molecule has 5 nitrogen and oxygen atoms in total. The fourth-order valence-electron chi connectivity index (χ4n) is 2.17. The Morgan fingerprint density at radius 3 is 2.71 bits per heavy atom. The van der Waals surface area contributed by atoms with Crippen LogP contribution in [0.25, 0.3) is 5.69 Å². The molecule has 0 aliphatic rings. The number of hydrogen-bond donors (Lipinski definition) is 1. The fourth-order valence-corrected chi connectivity index (χ4v) is 3.59. The predicted octanol–water partition coefficient (Wildman–Crippen LogP) is 3.77. The first-order chi connectivity index (χ1) is 11.4. The SMILES string of the molecule is Cc1ccc(F)c(S(=O)(=O)Nc2cnn(-c3ccccc3Cl)c2)c1. The monoisotopic (exact) mass is 365 g/mol. The zero-order valence-corrected chi connectivity index (χ0v) is 14.1. The molecular weight excluding hydrogens is 353 g/mol. The summed E-state index contributed by atoms with van der Waals surface area (Å²) in [5, 5.41) is 4.55. The van der Waals surface area contributed by atoms with E-state index in [1.165, 1.54) is 29.2 Å². The van der Waals surface area contributed by atoms with Crippen LogP contribution < -0.4 is 4.72 Å². The number of nitrogens with one attached hydrogen (secondary N) is 1. The maximum Gasteiger partial charge on any atom is 0.264 e. The Kier molecular flexibility index (Phi) is 4.29. The van der Waals surface area contributed by atoms with Crippen LogP contribution in [-0.2, 0) is 10.0 Å². The summed E-state index contributed by atoms with van der Waals surface area (Å²) in [6, 6.07) is 10.9. The minimum Gasteiger partial charge on any atom is -0.276 e. The maximum atomic E-state index is 13.8. The standard InChI is InChI=1S/C16H13ClFN3O2S/c1-11-6-7-14(18)16(8-11)24(22,23)20-12-9-19-21(10-12)15-5-3-2-4-13(15)17/h2-10,20H,1H3. The Morgan fingerprint density at radius 2 is 1.96 bits per heavy atom. The van der Waals surface area contributed by atoms with E-state index < -0.39 is 20.7 Å². The fraction of sp³-hybridized carbons (Fsp3) is 0.0625. The second kappa shape index (κ2) is 6.26. The van der Waals surface area contributed by atoms with Gasteiger partial charge in [-0.05, 0) is 36.8 Å². The lowest BCUT2D eigenvalue weighted by Gasteiger charge is -2.08. The van der Waals surface area contributed by atoms with Crippen LogP contribution in [0, 0.1) is 12.7 Å². The number of para-hydroxylation sites is 1. The minimum absolute atomic E-state index is 0.204. The van der Waals surface area contributed by atoms with Crippen molar-refractivity contribution in [2.45, 2.75) is 11.8 Å². The van der Waals surface area contributed by atoms with E-state index in [2.05, 4.69) is 9.82 Å². The van der Waals surface area contributed by atoms with Gasteiger partial charge < -0.3 is 0 Å². The van der Waals surface area contributed by atoms with Crippen LogP contribution in [0.1, 0.15) is 5.56 Å². The number of halogens is 2. The van der Waals surface area contributed by atoms with E-state index in [9.17, 15) is 12.8 Å². The van der Waals surface area contributed by atoms with Crippen molar-refractivity contribution in [1.29, 1.82) is 0 Å². The summed E-state index contributed by atoms with van der Waals surface area (Å²) in [6.07, 6.45) is 2.79. The molecule has 0 atom stereocenters. The predicted molar refractivity (Wildman–Crippen MR) is 90.5 cm³/mol. The van der Waals surface area contributed by atoms with Gasteiger partial charge in [0.15, 0.2) is 0 Å². The van der Waals surface area contributed by atoms with Gasteiger partial charge in [-0.15, -0.1) is 0 Å². The molecule has 124 valence electrons. The highest BCUT2D eigenvalue weighted by Crippen LogP contribution is 2.23. The summed E-state index contributed by atoms with van der Waals surface area (Å²) in [5.74, 6) is -0.813. The Morgan fingerprint density at radius 1 is 1.21 bits per heavy atom. The number of rotatable bonds is 4. The Hall–Kier alpha value is -2.38. The normalized spacial score (nSPS) is 11.5. The molecule has 0 amide bonds. The smallest absolute Gasteiger partial charge is 0.264 e. The van der Waals surface area contributed by atoms with Gasteiger partial charge in [-0.2, -0.15) is 5.10 Å². The zero-order chi connectivity index (χ0) is 17.3. The van der Waals surface area contributed by atoms with Crippen molar-refractivity contribution in [2.75, 3.05) is 4.72 Å². The topological polar surface area (TPSA) is 64.0 Å². The lowest BCUT2D eigenvalue weighted by molar-refractivity contribution is 0.570. The summed E-state index contributed by atoms with van der Waals surface area (Å²) < 4.78 is 42.3. The van der Waals surface area contributed by atoms with Gasteiger partial charge in [-0.25, -0.2) is 17.5 Å². The van der Waals surface area contributed by atoms with E-state index in [1.807, 2.05) is 0 Å². The van der Waals surface area contributed by atoms with Gasteiger partial charge in [0, 0.05) is 0 Å². The molecule has 0 saturated heterocycles. The summed E-state index contributed by atoms with van der Waals surface area (Å²) in [7, 11) is -4.06. The van der Waals surface area contributed by atoms with Crippen LogP contribution in [0.15, 0.2) is 59.8 Å². The summed E-state index contributed by atoms with van der Waals surface area (Å²) in [5.41, 5.74) is 1.45. The molecule has 0 aliphatic carbocycles. The van der Waals surface area contributed by atoms with E-state index in [-0.39, 0.29) is 5.69 Å². The Labute approximate surface area is 143 Å². The molecule has 3 aromatic rings. The van der Waals surface area contributed by atoms with Crippen LogP contribution >= 0.6 is 11.6 Å². The van der Waals surface area contributed by atoms with Crippen LogP contribution in [0.2, 0.25) is 5.02 Å². The lowest BCUT2D eigenvalue weighted by Crippen LogP contribution is -2.14. The van der Waals surface area contributed by atoms with Crippen molar-refractivity contribution in [2.24, 2.45) is 0 Å². The van der Waals surface area contributed by atoms with E-state index in [0.717, 1.165) is 6.07 Å². The first-order valence-electron chi connectivity index (χ1n) is 6.95. The number of anilines is 1. The average molecular weight is 366 g/mol. The van der Waals surface area contributed by atoms with E-state index in [0.29, 0.717) is 16.3 Å². The van der Waals surface area contributed by atoms with Gasteiger partial charge in [0.2, 0.25) is 0 Å². The summed E-state index contributed by atoms with van der Waals surface area (Å²) >= 11 is 6.09. The highest BCUT2D eigenvalue weighted by Gasteiger charge is 2.20. The Bertz CT molecular complexity index is 1000. The van der Waals surface area contributed by atoms with E-state index in [1.54, 1.807) is 31.2 Å². The lowest BCUT2D eigenvalue weighted by atomic mass is 10.2. The molecule has 0 spiro atoms. The van der Waals surface area contributed by atoms with Crippen molar-refractivity contribution >= 4 is 27.3 Å². The molecule has 0 bridgehead atoms. The van der Waals surface area contributed by atoms with Crippen LogP contribution in [-0.4, -0.2) is 18.2 Å². The highest BCUT2D eigenvalue weighted by atomic mass is 35.5. The van der Waals surface area contributed by atoms with Crippen LogP contribution in [0.5, 0.6) is 0 Å². The molecule has 24 heavy (non-hydrogen) atoms. The molecule has 0 fully saturated rings. The Balaban J connectivity index is 1.92. The number of sulfonamides is 1. The third-order valence-electron chi connectivity index (χ3n) is 3.31. The van der Waals surface area contributed by atoms with Crippen molar-refractivity contribution in [3.63, 3.8) is 0 Å². The van der Waals surface area contributed by atoms with Gasteiger partial charge in [0.1, 0.15) is 10.7 Å². The van der Waals surface area contributed by atoms with Crippen molar-refractivity contribution in [3.05, 3.63) is 71.3 Å². The average Bonchev–Trinajstić information content (AvgIpc) is 2.97. The second-order valence-electron chi connectivity index (χ2n) is 5.16. The zero-order valence-electron chi connectivity index (χ0n) is 12.6. The van der Waals surface area contributed by atoms with Crippen molar-refractivity contribution in [3.8, 4) is 5.69 Å². The molecule has 0 saturated carbocycles. The third-order valence-corrected chi connectivity index (χ3v) is 5.03. The molecule has 2 aromatic carbocycles. The van der Waals surface area contributed by atoms with Gasteiger partial charge in [0.25, 0.3) is 10.0 Å². The highest BCUT2D eigenvalue weighted by molar-refractivity contribution is 7.92. The van der Waals surface area contributed by atoms with Crippen LogP contribution in [0.3, 0.4) is 0 Å². The molecular formula is C16H13ClFN3O2S. The summed E-state index contributed by atoms with van der Waals surface area (Å²) in [4.78, 5) is -0.409. The van der Waals surface area contributed by atoms with Gasteiger partial charge in [0.05, 0.1) is 28.8 Å². The molecule has 8 heteroatoms. The molecule has 1 aromatic heterocycles. The molecule has 0 unspecified atom stereocenters. The molecule has 1 N–H and O–H groups in total.